The first-order chi connectivity index (χ1) is 13.5. The first-order valence-corrected chi connectivity index (χ1v) is 8.95. The number of amides is 2. The topological polar surface area (TPSA) is 158 Å². The zero-order valence-corrected chi connectivity index (χ0v) is 15.8. The van der Waals surface area contributed by atoms with Crippen molar-refractivity contribution in [2.45, 2.75) is 0 Å². The van der Waals surface area contributed by atoms with Gasteiger partial charge < -0.3 is 31.1 Å². The van der Waals surface area contributed by atoms with Crippen LogP contribution in [0.15, 0.2) is 18.5 Å². The number of carbonyl (C=O) groups is 2. The number of carbonyl (C=O) groups excluding carboxylic acids is 2. The Morgan fingerprint density at radius 2 is 1.21 bits per heavy atom. The highest BCUT2D eigenvalue weighted by atomic mass is 16.3. The third-order valence-corrected chi connectivity index (χ3v) is 3.77. The van der Waals surface area contributed by atoms with Crippen LogP contribution in [-0.4, -0.2) is 113 Å². The van der Waals surface area contributed by atoms with E-state index < -0.39 is 0 Å². The molecule has 0 radical (unpaired) electrons. The number of aliphatic hydroxyl groups is 4. The number of aromatic nitrogens is 1. The number of rotatable bonds is 14. The van der Waals surface area contributed by atoms with E-state index >= 15 is 0 Å². The molecule has 1 rings (SSSR count). The summed E-state index contributed by atoms with van der Waals surface area (Å²) in [6.07, 6.45) is 2.86. The van der Waals surface area contributed by atoms with E-state index in [-0.39, 0.29) is 77.5 Å². The average molecular weight is 399 g/mol. The summed E-state index contributed by atoms with van der Waals surface area (Å²) >= 11 is 0. The van der Waals surface area contributed by atoms with Crippen LogP contribution in [0, 0.1) is 0 Å². The van der Waals surface area contributed by atoms with Crippen LogP contribution in [-0.2, 0) is 9.59 Å². The minimum absolute atomic E-state index is 0.0302. The largest absolute Gasteiger partial charge is 0.395 e. The fourth-order valence-corrected chi connectivity index (χ4v) is 2.49. The second-order valence-electron chi connectivity index (χ2n) is 5.96. The fraction of sp³-hybridized carbons (Fsp3) is 0.588. The smallest absolute Gasteiger partial charge is 0.238 e. The van der Waals surface area contributed by atoms with Gasteiger partial charge >= 0.3 is 0 Å². The summed E-state index contributed by atoms with van der Waals surface area (Å²) in [6, 6.07) is 1.54. The van der Waals surface area contributed by atoms with Gasteiger partial charge in [-0.05, 0) is 6.07 Å². The van der Waals surface area contributed by atoms with Gasteiger partial charge in [-0.2, -0.15) is 0 Å². The molecule has 0 spiro atoms. The van der Waals surface area contributed by atoms with Gasteiger partial charge in [0.1, 0.15) is 0 Å². The van der Waals surface area contributed by atoms with Crippen molar-refractivity contribution in [3.63, 3.8) is 0 Å². The van der Waals surface area contributed by atoms with Crippen molar-refractivity contribution in [3.8, 4) is 0 Å². The van der Waals surface area contributed by atoms with Crippen molar-refractivity contribution in [1.82, 2.24) is 14.8 Å². The van der Waals surface area contributed by atoms with Crippen molar-refractivity contribution in [1.29, 1.82) is 0 Å². The molecule has 1 aromatic rings. The van der Waals surface area contributed by atoms with Crippen LogP contribution < -0.4 is 10.6 Å². The fourth-order valence-electron chi connectivity index (χ4n) is 2.49. The van der Waals surface area contributed by atoms with Gasteiger partial charge in [0.05, 0.1) is 57.1 Å². The highest BCUT2D eigenvalue weighted by molar-refractivity contribution is 6.00. The van der Waals surface area contributed by atoms with Crippen LogP contribution in [0.5, 0.6) is 0 Å². The van der Waals surface area contributed by atoms with Crippen molar-refractivity contribution in [2.24, 2.45) is 0 Å². The van der Waals surface area contributed by atoms with Gasteiger partial charge in [-0.15, -0.1) is 0 Å². The Morgan fingerprint density at radius 1 is 0.786 bits per heavy atom. The minimum atomic E-state index is -0.382. The molecule has 0 saturated heterocycles. The molecule has 0 bridgehead atoms. The van der Waals surface area contributed by atoms with Gasteiger partial charge in [0.2, 0.25) is 11.8 Å². The number of aliphatic hydroxyl groups excluding tert-OH is 4. The second kappa shape index (κ2) is 13.9. The van der Waals surface area contributed by atoms with Gasteiger partial charge in [-0.25, -0.2) is 0 Å². The van der Waals surface area contributed by atoms with Crippen LogP contribution in [0.4, 0.5) is 11.4 Å². The number of nitrogens with one attached hydrogen (secondary N) is 2. The SMILES string of the molecule is O=C(CN(CCO)CCO)Nc1ccncc1NC(=O)CN(CCO)CCO. The maximum Gasteiger partial charge on any atom is 0.238 e. The summed E-state index contributed by atoms with van der Waals surface area (Å²) in [7, 11) is 0. The second-order valence-corrected chi connectivity index (χ2v) is 5.96. The van der Waals surface area contributed by atoms with Gasteiger partial charge in [0, 0.05) is 32.4 Å². The summed E-state index contributed by atoms with van der Waals surface area (Å²) in [5.41, 5.74) is 0.668. The average Bonchev–Trinajstić information content (AvgIpc) is 2.64. The van der Waals surface area contributed by atoms with Crippen molar-refractivity contribution < 1.29 is 30.0 Å². The summed E-state index contributed by atoms with van der Waals surface area (Å²) < 4.78 is 0. The van der Waals surface area contributed by atoms with Crippen LogP contribution in [0.1, 0.15) is 0 Å². The molecule has 0 atom stereocenters. The summed E-state index contributed by atoms with van der Waals surface area (Å²) in [6.45, 7) is 0.371. The predicted molar refractivity (Wildman–Crippen MR) is 103 cm³/mol. The Hall–Kier alpha value is -2.15. The van der Waals surface area contributed by atoms with E-state index in [0.717, 1.165) is 0 Å². The lowest BCUT2D eigenvalue weighted by atomic mass is 10.3. The Balaban J connectivity index is 2.70. The lowest BCUT2D eigenvalue weighted by molar-refractivity contribution is -0.118. The molecule has 0 aliphatic heterocycles. The standard InChI is InChI=1S/C17H29N5O6/c23-7-3-21(4-8-24)12-16(27)19-14-1-2-18-11-15(14)20-17(28)13-22(5-9-25)6-10-26/h1-2,11,23-26H,3-10,12-13H2,(H,20,28)(H,18,19,27). The summed E-state index contributed by atoms with van der Waals surface area (Å²) in [5.74, 6) is -0.752. The Labute approximate surface area is 163 Å². The molecule has 1 aromatic heterocycles. The van der Waals surface area contributed by atoms with E-state index in [9.17, 15) is 9.59 Å². The van der Waals surface area contributed by atoms with E-state index in [1.54, 1.807) is 9.80 Å². The van der Waals surface area contributed by atoms with E-state index in [0.29, 0.717) is 11.4 Å². The molecule has 6 N–H and O–H groups in total. The number of anilines is 2. The summed E-state index contributed by atoms with van der Waals surface area (Å²) in [5, 5.41) is 41.4. The zero-order chi connectivity index (χ0) is 20.8. The molecule has 0 fully saturated rings. The molecule has 11 nitrogen and oxygen atoms in total. The molecule has 28 heavy (non-hydrogen) atoms. The number of pyridine rings is 1. The molecule has 0 saturated carbocycles. The molecule has 2 amide bonds. The maximum absolute atomic E-state index is 12.2. The molecule has 0 aliphatic carbocycles. The summed E-state index contributed by atoms with van der Waals surface area (Å²) in [4.78, 5) is 31.6. The van der Waals surface area contributed by atoms with Crippen LogP contribution >= 0.6 is 0 Å². The first kappa shape index (κ1) is 23.9. The van der Waals surface area contributed by atoms with Crippen LogP contribution in [0.3, 0.4) is 0 Å². The maximum atomic E-state index is 12.2. The lowest BCUT2D eigenvalue weighted by Gasteiger charge is -2.21. The van der Waals surface area contributed by atoms with E-state index in [4.69, 9.17) is 20.4 Å². The van der Waals surface area contributed by atoms with Crippen LogP contribution in [0.25, 0.3) is 0 Å². The van der Waals surface area contributed by atoms with Gasteiger partial charge in [0.25, 0.3) is 0 Å². The zero-order valence-electron chi connectivity index (χ0n) is 15.8. The van der Waals surface area contributed by atoms with Crippen LogP contribution in [0.2, 0.25) is 0 Å². The molecule has 11 heteroatoms. The quantitative estimate of drug-likeness (QED) is 0.199. The van der Waals surface area contributed by atoms with Crippen molar-refractivity contribution in [2.75, 3.05) is 76.3 Å². The number of hydrogen-bond donors (Lipinski definition) is 6. The van der Waals surface area contributed by atoms with Gasteiger partial charge in [0.15, 0.2) is 0 Å². The van der Waals surface area contributed by atoms with Crippen molar-refractivity contribution in [3.05, 3.63) is 18.5 Å². The molecular formula is C17H29N5O6. The lowest BCUT2D eigenvalue weighted by Crippen LogP contribution is -2.38. The molecule has 1 heterocycles. The Kier molecular flexibility index (Phi) is 11.9. The Morgan fingerprint density at radius 3 is 1.64 bits per heavy atom. The molecule has 0 aromatic carbocycles. The predicted octanol–water partition coefficient (Wildman–Crippen LogP) is -2.47. The number of hydrogen-bond acceptors (Lipinski definition) is 9. The molecular weight excluding hydrogens is 370 g/mol. The highest BCUT2D eigenvalue weighted by Gasteiger charge is 2.15. The molecule has 0 aliphatic rings. The van der Waals surface area contributed by atoms with Gasteiger partial charge in [-0.3, -0.25) is 24.4 Å². The molecule has 0 unspecified atom stereocenters. The minimum Gasteiger partial charge on any atom is -0.395 e. The van der Waals surface area contributed by atoms with E-state index in [2.05, 4.69) is 15.6 Å². The van der Waals surface area contributed by atoms with Gasteiger partial charge in [-0.1, -0.05) is 0 Å². The van der Waals surface area contributed by atoms with Crippen molar-refractivity contribution >= 4 is 23.2 Å². The Bertz CT molecular complexity index is 540. The third-order valence-electron chi connectivity index (χ3n) is 3.77. The first-order valence-electron chi connectivity index (χ1n) is 8.95. The van der Waals surface area contributed by atoms with E-state index in [1.807, 2.05) is 0 Å². The monoisotopic (exact) mass is 399 g/mol. The highest BCUT2D eigenvalue weighted by Crippen LogP contribution is 2.19. The number of nitrogens with zero attached hydrogens (tertiary/aromatic N) is 3. The third kappa shape index (κ3) is 9.17. The normalized spacial score (nSPS) is 11.1. The van der Waals surface area contributed by atoms with E-state index in [1.165, 1.54) is 18.5 Å². The molecule has 158 valence electrons.